The fraction of sp³-hybridized carbons (Fsp3) is 0.217. The molecule has 170 valence electrons. The maximum Gasteiger partial charge on any atom is 0.247 e. The van der Waals surface area contributed by atoms with Crippen molar-refractivity contribution in [1.29, 1.82) is 0 Å². The molecule has 33 heavy (non-hydrogen) atoms. The number of halogens is 1. The number of nitrogens with zero attached hydrogens (tertiary/aromatic N) is 3. The SMILES string of the molecule is O=C(C1CCCN1S(=O)(=O)c1ccc(F)cc1)N(Cc1ccco1)c1nc2ccccc2s1. The highest BCUT2D eigenvalue weighted by Crippen LogP contribution is 2.33. The van der Waals surface area contributed by atoms with E-state index in [0.29, 0.717) is 23.7 Å². The minimum absolute atomic E-state index is 0.0406. The maximum atomic E-state index is 13.8. The second kappa shape index (κ2) is 8.69. The van der Waals surface area contributed by atoms with Crippen LogP contribution in [0, 0.1) is 5.82 Å². The normalized spacial score (nSPS) is 16.9. The number of carbonyl (C=O) groups is 1. The van der Waals surface area contributed by atoms with E-state index in [4.69, 9.17) is 4.42 Å². The number of fused-ring (bicyclic) bond motifs is 1. The smallest absolute Gasteiger partial charge is 0.247 e. The molecule has 3 heterocycles. The van der Waals surface area contributed by atoms with Crippen LogP contribution < -0.4 is 4.90 Å². The van der Waals surface area contributed by atoms with Gasteiger partial charge < -0.3 is 4.42 Å². The van der Waals surface area contributed by atoms with Crippen LogP contribution in [-0.2, 0) is 21.4 Å². The van der Waals surface area contributed by atoms with Crippen LogP contribution in [0.5, 0.6) is 0 Å². The van der Waals surface area contributed by atoms with Crippen molar-refractivity contribution in [1.82, 2.24) is 9.29 Å². The van der Waals surface area contributed by atoms with Crippen molar-refractivity contribution in [3.63, 3.8) is 0 Å². The molecule has 0 bridgehead atoms. The van der Waals surface area contributed by atoms with Crippen molar-refractivity contribution >= 4 is 42.6 Å². The average molecular weight is 486 g/mol. The molecular formula is C23H20FN3O4S2. The van der Waals surface area contributed by atoms with Crippen molar-refractivity contribution in [2.45, 2.75) is 30.3 Å². The predicted molar refractivity (Wildman–Crippen MR) is 123 cm³/mol. The van der Waals surface area contributed by atoms with Crippen LogP contribution in [0.3, 0.4) is 0 Å². The average Bonchev–Trinajstić information content (AvgIpc) is 3.57. The third kappa shape index (κ3) is 4.17. The number of anilines is 1. The number of amides is 1. The number of carbonyl (C=O) groups excluding carboxylic acids is 1. The summed E-state index contributed by atoms with van der Waals surface area (Å²) in [5.74, 6) is -0.328. The van der Waals surface area contributed by atoms with Crippen molar-refractivity contribution in [3.8, 4) is 0 Å². The largest absolute Gasteiger partial charge is 0.467 e. The summed E-state index contributed by atoms with van der Waals surface area (Å²) in [6.07, 6.45) is 2.46. The maximum absolute atomic E-state index is 13.8. The van der Waals surface area contributed by atoms with Gasteiger partial charge in [-0.1, -0.05) is 23.5 Å². The Morgan fingerprint density at radius 1 is 1.15 bits per heavy atom. The Kier molecular flexibility index (Phi) is 5.73. The Labute approximate surface area is 194 Å². The lowest BCUT2D eigenvalue weighted by Crippen LogP contribution is -2.47. The number of para-hydroxylation sites is 1. The third-order valence-corrected chi connectivity index (χ3v) is 8.56. The summed E-state index contributed by atoms with van der Waals surface area (Å²) in [6, 6.07) is 14.8. The summed E-state index contributed by atoms with van der Waals surface area (Å²) in [5.41, 5.74) is 0.761. The molecule has 1 amide bonds. The van der Waals surface area contributed by atoms with Gasteiger partial charge in [0, 0.05) is 6.54 Å². The highest BCUT2D eigenvalue weighted by molar-refractivity contribution is 7.89. The van der Waals surface area contributed by atoms with Crippen molar-refractivity contribution in [2.75, 3.05) is 11.4 Å². The Morgan fingerprint density at radius 3 is 2.67 bits per heavy atom. The highest BCUT2D eigenvalue weighted by Gasteiger charge is 2.42. The van der Waals surface area contributed by atoms with E-state index < -0.39 is 21.9 Å². The molecule has 0 radical (unpaired) electrons. The first-order valence-corrected chi connectivity index (χ1v) is 12.7. The summed E-state index contributed by atoms with van der Waals surface area (Å²) in [6.45, 7) is 0.344. The number of thiazole rings is 1. The molecule has 7 nitrogen and oxygen atoms in total. The molecule has 4 aromatic rings. The number of rotatable bonds is 6. The van der Waals surface area contributed by atoms with Gasteiger partial charge in [0.25, 0.3) is 0 Å². The molecule has 1 atom stereocenters. The highest BCUT2D eigenvalue weighted by atomic mass is 32.2. The van der Waals surface area contributed by atoms with Crippen molar-refractivity contribution < 1.29 is 22.0 Å². The van der Waals surface area contributed by atoms with Gasteiger partial charge in [0.1, 0.15) is 17.6 Å². The molecule has 5 rings (SSSR count). The lowest BCUT2D eigenvalue weighted by atomic mass is 10.2. The summed E-state index contributed by atoms with van der Waals surface area (Å²) in [4.78, 5) is 19.8. The second-order valence-electron chi connectivity index (χ2n) is 7.70. The number of benzene rings is 2. The molecule has 0 saturated carbocycles. The number of hydrogen-bond acceptors (Lipinski definition) is 6. The molecule has 1 fully saturated rings. The van der Waals surface area contributed by atoms with E-state index in [1.807, 2.05) is 24.3 Å². The zero-order chi connectivity index (χ0) is 23.0. The number of aromatic nitrogens is 1. The van der Waals surface area contributed by atoms with Gasteiger partial charge in [-0.2, -0.15) is 4.31 Å². The fourth-order valence-electron chi connectivity index (χ4n) is 3.97. The molecular weight excluding hydrogens is 465 g/mol. The zero-order valence-electron chi connectivity index (χ0n) is 17.4. The van der Waals surface area contributed by atoms with Gasteiger partial charge in [-0.3, -0.25) is 9.69 Å². The molecule has 0 aliphatic carbocycles. The molecule has 10 heteroatoms. The predicted octanol–water partition coefficient (Wildman–Crippen LogP) is 4.41. The van der Waals surface area contributed by atoms with Crippen LogP contribution in [0.4, 0.5) is 9.52 Å². The first kappa shape index (κ1) is 21.7. The van der Waals surface area contributed by atoms with E-state index in [9.17, 15) is 17.6 Å². The van der Waals surface area contributed by atoms with Gasteiger partial charge in [-0.05, 0) is 61.4 Å². The number of sulfonamides is 1. The van der Waals surface area contributed by atoms with Gasteiger partial charge in [0.05, 0.1) is 27.9 Å². The molecule has 0 spiro atoms. The van der Waals surface area contributed by atoms with E-state index in [0.717, 1.165) is 22.3 Å². The Bertz CT molecular complexity index is 1350. The molecule has 1 aliphatic heterocycles. The summed E-state index contributed by atoms with van der Waals surface area (Å²) in [5, 5.41) is 0.476. The van der Waals surface area contributed by atoms with Gasteiger partial charge in [-0.15, -0.1) is 0 Å². The van der Waals surface area contributed by atoms with E-state index in [-0.39, 0.29) is 23.9 Å². The molecule has 1 unspecified atom stereocenters. The third-order valence-electron chi connectivity index (χ3n) is 5.58. The lowest BCUT2D eigenvalue weighted by molar-refractivity contribution is -0.121. The Balaban J connectivity index is 1.50. The fourth-order valence-corrected chi connectivity index (χ4v) is 6.59. The monoisotopic (exact) mass is 485 g/mol. The lowest BCUT2D eigenvalue weighted by Gasteiger charge is -2.28. The zero-order valence-corrected chi connectivity index (χ0v) is 19.1. The Hall–Kier alpha value is -3.08. The van der Waals surface area contributed by atoms with Crippen LogP contribution in [0.1, 0.15) is 18.6 Å². The number of furan rings is 1. The Morgan fingerprint density at radius 2 is 1.94 bits per heavy atom. The number of hydrogen-bond donors (Lipinski definition) is 0. The first-order chi connectivity index (χ1) is 15.9. The molecule has 0 N–H and O–H groups in total. The van der Waals surface area contributed by atoms with Crippen LogP contribution in [0.2, 0.25) is 0 Å². The minimum atomic E-state index is -3.97. The standard InChI is InChI=1S/C23H20FN3O4S2/c24-16-9-11-18(12-10-16)33(29,30)27-13-3-7-20(27)22(28)26(15-17-5-4-14-31-17)23-25-19-6-1-2-8-21(19)32-23/h1-2,4-6,8-12,14,20H,3,7,13,15H2. The van der Waals surface area contributed by atoms with Crippen molar-refractivity contribution in [3.05, 3.63) is 78.5 Å². The topological polar surface area (TPSA) is 83.7 Å². The van der Waals surface area contributed by atoms with Crippen LogP contribution in [-0.4, -0.2) is 36.2 Å². The summed E-state index contributed by atoms with van der Waals surface area (Å²) >= 11 is 1.36. The van der Waals surface area contributed by atoms with E-state index in [1.165, 1.54) is 38.9 Å². The first-order valence-electron chi connectivity index (χ1n) is 10.4. The quantitative estimate of drug-likeness (QED) is 0.404. The van der Waals surface area contributed by atoms with Gasteiger partial charge in [-0.25, -0.2) is 17.8 Å². The van der Waals surface area contributed by atoms with Crippen LogP contribution >= 0.6 is 11.3 Å². The van der Waals surface area contributed by atoms with E-state index >= 15 is 0 Å². The second-order valence-corrected chi connectivity index (χ2v) is 10.6. The minimum Gasteiger partial charge on any atom is -0.467 e. The van der Waals surface area contributed by atoms with Crippen LogP contribution in [0.15, 0.2) is 76.2 Å². The van der Waals surface area contributed by atoms with Gasteiger partial charge >= 0.3 is 0 Å². The van der Waals surface area contributed by atoms with Gasteiger partial charge in [0.2, 0.25) is 15.9 Å². The van der Waals surface area contributed by atoms with Crippen molar-refractivity contribution in [2.24, 2.45) is 0 Å². The molecule has 1 aliphatic rings. The van der Waals surface area contributed by atoms with Crippen LogP contribution in [0.25, 0.3) is 10.2 Å². The molecule has 2 aromatic carbocycles. The van der Waals surface area contributed by atoms with E-state index in [2.05, 4.69) is 4.98 Å². The van der Waals surface area contributed by atoms with Gasteiger partial charge in [0.15, 0.2) is 5.13 Å². The summed E-state index contributed by atoms with van der Waals surface area (Å²) in [7, 11) is -3.97. The van der Waals surface area contributed by atoms with E-state index in [1.54, 1.807) is 12.1 Å². The summed E-state index contributed by atoms with van der Waals surface area (Å²) < 4.78 is 47.5. The molecule has 2 aromatic heterocycles. The molecule has 1 saturated heterocycles.